The Morgan fingerprint density at radius 3 is 2.79 bits per heavy atom. The summed E-state index contributed by atoms with van der Waals surface area (Å²) in [5, 5.41) is 13.6. The highest BCUT2D eigenvalue weighted by Crippen LogP contribution is 2.27. The average molecular weight is 253 g/mol. The van der Waals surface area contributed by atoms with Gasteiger partial charge in [-0.2, -0.15) is 4.98 Å². The Bertz CT molecular complexity index is 680. The van der Waals surface area contributed by atoms with E-state index in [4.69, 9.17) is 4.52 Å². The molecule has 0 amide bonds. The van der Waals surface area contributed by atoms with E-state index in [2.05, 4.69) is 15.1 Å². The van der Waals surface area contributed by atoms with Crippen LogP contribution in [0.1, 0.15) is 11.4 Å². The maximum absolute atomic E-state index is 9.73. The Kier molecular flexibility index (Phi) is 2.94. The molecule has 19 heavy (non-hydrogen) atoms. The van der Waals surface area contributed by atoms with Crippen molar-refractivity contribution in [2.45, 2.75) is 6.42 Å². The van der Waals surface area contributed by atoms with E-state index in [1.165, 1.54) is 0 Å². The number of hydrogen-bond donors (Lipinski definition) is 1. The summed E-state index contributed by atoms with van der Waals surface area (Å²) in [5.74, 6) is 1.00. The van der Waals surface area contributed by atoms with Crippen LogP contribution >= 0.6 is 0 Å². The first-order valence-corrected chi connectivity index (χ1v) is 5.83. The largest absolute Gasteiger partial charge is 0.507 e. The number of aromatic hydroxyl groups is 1. The fourth-order valence-electron chi connectivity index (χ4n) is 1.77. The molecule has 0 fully saturated rings. The molecule has 0 atom stereocenters. The Morgan fingerprint density at radius 1 is 1.11 bits per heavy atom. The molecule has 94 valence electrons. The molecule has 2 heterocycles. The minimum Gasteiger partial charge on any atom is -0.507 e. The first-order chi connectivity index (χ1) is 9.33. The summed E-state index contributed by atoms with van der Waals surface area (Å²) in [5.41, 5.74) is 1.54. The van der Waals surface area contributed by atoms with Gasteiger partial charge in [-0.05, 0) is 23.8 Å². The maximum Gasteiger partial charge on any atom is 0.261 e. The van der Waals surface area contributed by atoms with Gasteiger partial charge in [-0.15, -0.1) is 0 Å². The van der Waals surface area contributed by atoms with Crippen molar-refractivity contribution in [2.24, 2.45) is 0 Å². The van der Waals surface area contributed by atoms with Gasteiger partial charge in [0.1, 0.15) is 5.75 Å². The summed E-state index contributed by atoms with van der Waals surface area (Å²) in [6.45, 7) is 0. The molecule has 1 N–H and O–H groups in total. The smallest absolute Gasteiger partial charge is 0.261 e. The zero-order valence-electron chi connectivity index (χ0n) is 10.0. The van der Waals surface area contributed by atoms with Crippen LogP contribution in [0.3, 0.4) is 0 Å². The number of aromatic nitrogens is 3. The predicted molar refractivity (Wildman–Crippen MR) is 68.4 cm³/mol. The minimum absolute atomic E-state index is 0.124. The SMILES string of the molecule is Oc1ccccc1-c1nc(Cc2cccnc2)no1. The molecular weight excluding hydrogens is 242 g/mol. The standard InChI is InChI=1S/C14H11N3O2/c18-12-6-2-1-5-11(12)14-16-13(17-19-14)8-10-4-3-7-15-9-10/h1-7,9,18H,8H2. The molecule has 2 aromatic heterocycles. The Morgan fingerprint density at radius 2 is 2.00 bits per heavy atom. The van der Waals surface area contributed by atoms with Crippen molar-refractivity contribution in [1.29, 1.82) is 0 Å². The summed E-state index contributed by atoms with van der Waals surface area (Å²) in [6, 6.07) is 10.7. The van der Waals surface area contributed by atoms with E-state index < -0.39 is 0 Å². The van der Waals surface area contributed by atoms with E-state index in [1.807, 2.05) is 12.1 Å². The van der Waals surface area contributed by atoms with Crippen molar-refractivity contribution >= 4 is 0 Å². The minimum atomic E-state index is 0.124. The number of hydrogen-bond acceptors (Lipinski definition) is 5. The van der Waals surface area contributed by atoms with Crippen molar-refractivity contribution in [3.63, 3.8) is 0 Å². The summed E-state index contributed by atoms with van der Waals surface area (Å²) < 4.78 is 5.16. The molecule has 5 heteroatoms. The van der Waals surface area contributed by atoms with Gasteiger partial charge in [0, 0.05) is 18.8 Å². The maximum atomic E-state index is 9.73. The molecule has 5 nitrogen and oxygen atoms in total. The summed E-state index contributed by atoms with van der Waals surface area (Å²) in [7, 11) is 0. The molecule has 0 aliphatic carbocycles. The summed E-state index contributed by atoms with van der Waals surface area (Å²) >= 11 is 0. The zero-order valence-corrected chi connectivity index (χ0v) is 10.0. The van der Waals surface area contributed by atoms with Crippen molar-refractivity contribution < 1.29 is 9.63 Å². The van der Waals surface area contributed by atoms with Gasteiger partial charge in [-0.3, -0.25) is 4.98 Å². The van der Waals surface area contributed by atoms with E-state index in [1.54, 1.807) is 36.7 Å². The zero-order chi connectivity index (χ0) is 13.1. The van der Waals surface area contributed by atoms with Crippen LogP contribution < -0.4 is 0 Å². The average Bonchev–Trinajstić information content (AvgIpc) is 2.89. The number of rotatable bonds is 3. The van der Waals surface area contributed by atoms with E-state index in [0.29, 0.717) is 23.7 Å². The number of para-hydroxylation sites is 1. The second-order valence-corrected chi connectivity index (χ2v) is 4.07. The van der Waals surface area contributed by atoms with Crippen LogP contribution in [0.5, 0.6) is 5.75 Å². The second-order valence-electron chi connectivity index (χ2n) is 4.07. The van der Waals surface area contributed by atoms with E-state index in [0.717, 1.165) is 5.56 Å². The van der Waals surface area contributed by atoms with Gasteiger partial charge in [0.05, 0.1) is 5.56 Å². The van der Waals surface area contributed by atoms with Crippen LogP contribution in [0.15, 0.2) is 53.3 Å². The Hall–Kier alpha value is -2.69. The first-order valence-electron chi connectivity index (χ1n) is 5.83. The lowest BCUT2D eigenvalue weighted by atomic mass is 10.2. The van der Waals surface area contributed by atoms with Crippen LogP contribution in [-0.4, -0.2) is 20.2 Å². The monoisotopic (exact) mass is 253 g/mol. The van der Waals surface area contributed by atoms with E-state index in [9.17, 15) is 5.11 Å². The highest BCUT2D eigenvalue weighted by molar-refractivity contribution is 5.61. The molecular formula is C14H11N3O2. The Balaban J connectivity index is 1.86. The van der Waals surface area contributed by atoms with Crippen LogP contribution in [0, 0.1) is 0 Å². The third-order valence-corrected chi connectivity index (χ3v) is 2.69. The summed E-state index contributed by atoms with van der Waals surface area (Å²) in [4.78, 5) is 8.30. The number of phenolic OH excluding ortho intramolecular Hbond substituents is 1. The second kappa shape index (κ2) is 4.89. The van der Waals surface area contributed by atoms with E-state index >= 15 is 0 Å². The lowest BCUT2D eigenvalue weighted by Gasteiger charge is -1.96. The Labute approximate surface area is 109 Å². The van der Waals surface area contributed by atoms with Crippen molar-refractivity contribution in [1.82, 2.24) is 15.1 Å². The molecule has 0 spiro atoms. The van der Waals surface area contributed by atoms with Gasteiger partial charge >= 0.3 is 0 Å². The van der Waals surface area contributed by atoms with Crippen LogP contribution in [0.25, 0.3) is 11.5 Å². The highest BCUT2D eigenvalue weighted by atomic mass is 16.5. The molecule has 0 aliphatic rings. The molecule has 0 saturated carbocycles. The quantitative estimate of drug-likeness (QED) is 0.776. The molecule has 0 aliphatic heterocycles. The number of benzene rings is 1. The van der Waals surface area contributed by atoms with Crippen LogP contribution in [-0.2, 0) is 6.42 Å². The topological polar surface area (TPSA) is 72.0 Å². The van der Waals surface area contributed by atoms with Crippen LogP contribution in [0.4, 0.5) is 0 Å². The number of pyridine rings is 1. The third kappa shape index (κ3) is 2.44. The molecule has 0 radical (unpaired) electrons. The van der Waals surface area contributed by atoms with Gasteiger partial charge in [-0.25, -0.2) is 0 Å². The molecule has 0 unspecified atom stereocenters. The lowest BCUT2D eigenvalue weighted by molar-refractivity contribution is 0.418. The van der Waals surface area contributed by atoms with Crippen molar-refractivity contribution in [2.75, 3.05) is 0 Å². The molecule has 3 aromatic rings. The van der Waals surface area contributed by atoms with Crippen molar-refractivity contribution in [3.05, 3.63) is 60.2 Å². The molecule has 1 aromatic carbocycles. The molecule has 3 rings (SSSR count). The van der Waals surface area contributed by atoms with Gasteiger partial charge < -0.3 is 9.63 Å². The third-order valence-electron chi connectivity index (χ3n) is 2.69. The molecule has 0 bridgehead atoms. The summed E-state index contributed by atoms with van der Waals surface area (Å²) in [6.07, 6.45) is 4.02. The van der Waals surface area contributed by atoms with Gasteiger partial charge in [-0.1, -0.05) is 23.4 Å². The normalized spacial score (nSPS) is 10.5. The number of nitrogens with zero attached hydrogens (tertiary/aromatic N) is 3. The van der Waals surface area contributed by atoms with Gasteiger partial charge in [0.2, 0.25) is 0 Å². The fraction of sp³-hybridized carbons (Fsp3) is 0.0714. The van der Waals surface area contributed by atoms with Gasteiger partial charge in [0.25, 0.3) is 5.89 Å². The van der Waals surface area contributed by atoms with Crippen molar-refractivity contribution in [3.8, 4) is 17.2 Å². The molecule has 0 saturated heterocycles. The lowest BCUT2D eigenvalue weighted by Crippen LogP contribution is -1.91. The number of phenols is 1. The van der Waals surface area contributed by atoms with E-state index in [-0.39, 0.29) is 5.75 Å². The highest BCUT2D eigenvalue weighted by Gasteiger charge is 2.12. The van der Waals surface area contributed by atoms with Gasteiger partial charge in [0.15, 0.2) is 5.82 Å². The predicted octanol–water partition coefficient (Wildman–Crippen LogP) is 2.43. The van der Waals surface area contributed by atoms with Crippen LogP contribution in [0.2, 0.25) is 0 Å². The first kappa shape index (κ1) is 11.4. The fourth-order valence-corrected chi connectivity index (χ4v) is 1.77.